The lowest BCUT2D eigenvalue weighted by Crippen LogP contribution is -2.05. The Morgan fingerprint density at radius 3 is 2.68 bits per heavy atom. The Hall–Kier alpha value is -3.72. The minimum Gasteiger partial charge on any atom is -0.487 e. The van der Waals surface area contributed by atoms with Crippen LogP contribution in [0.3, 0.4) is 0 Å². The van der Waals surface area contributed by atoms with Gasteiger partial charge in [0, 0.05) is 10.9 Å². The van der Waals surface area contributed by atoms with Crippen LogP contribution in [-0.4, -0.2) is 10.8 Å². The van der Waals surface area contributed by atoms with Crippen LogP contribution < -0.4 is 4.74 Å². The predicted molar refractivity (Wildman–Crippen MR) is 126 cm³/mol. The number of carbonyl (C=O) groups is 1. The van der Waals surface area contributed by atoms with Crippen LogP contribution in [0.15, 0.2) is 91.5 Å². The first kappa shape index (κ1) is 20.5. The van der Waals surface area contributed by atoms with E-state index in [1.807, 2.05) is 61.5 Å². The molecule has 0 aliphatic carbocycles. The van der Waals surface area contributed by atoms with E-state index in [1.165, 1.54) is 11.6 Å². The molecule has 0 amide bonds. The molecule has 154 valence electrons. The number of hydrogen-bond acceptors (Lipinski definition) is 3. The molecule has 3 heteroatoms. The molecule has 0 saturated heterocycles. The van der Waals surface area contributed by atoms with Crippen LogP contribution in [0, 0.1) is 6.92 Å². The third kappa shape index (κ3) is 4.89. The number of aromatic nitrogens is 1. The van der Waals surface area contributed by atoms with E-state index in [0.717, 1.165) is 51.9 Å². The van der Waals surface area contributed by atoms with Gasteiger partial charge in [0.15, 0.2) is 5.78 Å². The minimum atomic E-state index is -0.0290. The molecule has 0 N–H and O–H groups in total. The fourth-order valence-electron chi connectivity index (χ4n) is 3.78. The summed E-state index contributed by atoms with van der Waals surface area (Å²) in [6.07, 6.45) is 3.00. The van der Waals surface area contributed by atoms with Crippen molar-refractivity contribution < 1.29 is 9.53 Å². The zero-order valence-corrected chi connectivity index (χ0v) is 17.7. The maximum atomic E-state index is 12.2. The smallest absolute Gasteiger partial charge is 0.185 e. The Bertz CT molecular complexity index is 1240. The van der Waals surface area contributed by atoms with Crippen LogP contribution in [0.25, 0.3) is 10.9 Å². The van der Waals surface area contributed by atoms with E-state index in [-0.39, 0.29) is 5.78 Å². The Kier molecular flexibility index (Phi) is 6.23. The summed E-state index contributed by atoms with van der Waals surface area (Å²) in [6.45, 7) is 6.10. The molecule has 3 nitrogen and oxygen atoms in total. The molecule has 31 heavy (non-hydrogen) atoms. The van der Waals surface area contributed by atoms with E-state index in [2.05, 4.69) is 35.8 Å². The van der Waals surface area contributed by atoms with Crippen molar-refractivity contribution in [3.8, 4) is 5.75 Å². The van der Waals surface area contributed by atoms with Gasteiger partial charge in [-0.15, -0.1) is 0 Å². The lowest BCUT2D eigenvalue weighted by Gasteiger charge is -2.12. The number of hydrogen-bond donors (Lipinski definition) is 0. The van der Waals surface area contributed by atoms with Gasteiger partial charge in [-0.25, -0.2) is 4.98 Å². The van der Waals surface area contributed by atoms with Crippen molar-refractivity contribution in [1.82, 2.24) is 4.98 Å². The molecular formula is C28H25NO2. The molecule has 0 aliphatic heterocycles. The van der Waals surface area contributed by atoms with E-state index in [0.29, 0.717) is 6.61 Å². The standard InChI is InChI=1S/C28H25NO2/c1-3-28(30)26-12-6-8-20(2)25(26)17-14-21-9-7-11-24(18-21)31-19-23-16-15-22-10-4-5-13-27(22)29-23/h3-13,15-16,18H,1,14,17,19H2,2H3. The van der Waals surface area contributed by atoms with Gasteiger partial charge in [0.1, 0.15) is 12.4 Å². The highest BCUT2D eigenvalue weighted by atomic mass is 16.5. The number of carbonyl (C=O) groups excluding carboxylic acids is 1. The SMILES string of the molecule is C=CC(=O)c1cccc(C)c1CCc1cccc(OCc2ccc3ccccc3n2)c1. The van der Waals surface area contributed by atoms with Gasteiger partial charge in [0.2, 0.25) is 0 Å². The zero-order valence-electron chi connectivity index (χ0n) is 17.7. The van der Waals surface area contributed by atoms with E-state index in [9.17, 15) is 4.79 Å². The van der Waals surface area contributed by atoms with Gasteiger partial charge in [0.05, 0.1) is 11.2 Å². The second-order valence-corrected chi connectivity index (χ2v) is 7.60. The number of aryl methyl sites for hydroxylation is 2. The molecule has 0 aliphatic rings. The topological polar surface area (TPSA) is 39.2 Å². The number of allylic oxidation sites excluding steroid dienone is 1. The number of fused-ring (bicyclic) bond motifs is 1. The number of benzene rings is 3. The summed E-state index contributed by atoms with van der Waals surface area (Å²) in [7, 11) is 0. The van der Waals surface area contributed by atoms with Crippen LogP contribution in [0.2, 0.25) is 0 Å². The number of rotatable bonds is 8. The van der Waals surface area contributed by atoms with E-state index in [1.54, 1.807) is 0 Å². The molecule has 3 aromatic carbocycles. The van der Waals surface area contributed by atoms with Crippen molar-refractivity contribution in [1.29, 1.82) is 0 Å². The van der Waals surface area contributed by atoms with E-state index >= 15 is 0 Å². The third-order valence-corrected chi connectivity index (χ3v) is 5.47. The van der Waals surface area contributed by atoms with Gasteiger partial charge < -0.3 is 4.74 Å². The summed E-state index contributed by atoms with van der Waals surface area (Å²) >= 11 is 0. The van der Waals surface area contributed by atoms with Gasteiger partial charge in [-0.2, -0.15) is 0 Å². The molecule has 0 unspecified atom stereocenters. The molecule has 4 rings (SSSR count). The molecule has 0 fully saturated rings. The summed E-state index contributed by atoms with van der Waals surface area (Å²) in [5.74, 6) is 0.790. The quantitative estimate of drug-likeness (QED) is 0.255. The fraction of sp³-hybridized carbons (Fsp3) is 0.143. The first-order valence-electron chi connectivity index (χ1n) is 10.5. The summed E-state index contributed by atoms with van der Waals surface area (Å²) < 4.78 is 6.01. The average Bonchev–Trinajstić information content (AvgIpc) is 2.81. The van der Waals surface area contributed by atoms with Crippen LogP contribution >= 0.6 is 0 Å². The maximum Gasteiger partial charge on any atom is 0.185 e. The van der Waals surface area contributed by atoms with Crippen molar-refractivity contribution in [3.63, 3.8) is 0 Å². The molecule has 0 bridgehead atoms. The number of pyridine rings is 1. The largest absolute Gasteiger partial charge is 0.487 e. The van der Waals surface area contributed by atoms with Gasteiger partial charge in [-0.05, 0) is 66.8 Å². The van der Waals surface area contributed by atoms with E-state index < -0.39 is 0 Å². The second kappa shape index (κ2) is 9.40. The lowest BCUT2D eigenvalue weighted by molar-refractivity contribution is 0.104. The summed E-state index contributed by atoms with van der Waals surface area (Å²) in [5.41, 5.74) is 5.99. The van der Waals surface area contributed by atoms with Gasteiger partial charge in [-0.3, -0.25) is 4.79 Å². The molecule has 4 aromatic rings. The maximum absolute atomic E-state index is 12.2. The molecule has 0 atom stereocenters. The monoisotopic (exact) mass is 407 g/mol. The highest BCUT2D eigenvalue weighted by Crippen LogP contribution is 2.21. The third-order valence-electron chi connectivity index (χ3n) is 5.47. The number of nitrogens with zero attached hydrogens (tertiary/aromatic N) is 1. The van der Waals surface area contributed by atoms with Crippen LogP contribution in [0.4, 0.5) is 0 Å². The molecule has 0 saturated carbocycles. The lowest BCUT2D eigenvalue weighted by atomic mass is 9.93. The van der Waals surface area contributed by atoms with Gasteiger partial charge in [-0.1, -0.05) is 61.2 Å². The first-order valence-corrected chi connectivity index (χ1v) is 10.5. The summed E-state index contributed by atoms with van der Waals surface area (Å²) in [6, 6.07) is 26.1. The van der Waals surface area contributed by atoms with Crippen molar-refractivity contribution in [2.45, 2.75) is 26.4 Å². The Labute approximate surface area is 183 Å². The molecular weight excluding hydrogens is 382 g/mol. The zero-order chi connectivity index (χ0) is 21.6. The minimum absolute atomic E-state index is 0.0290. The Morgan fingerprint density at radius 1 is 0.968 bits per heavy atom. The van der Waals surface area contributed by atoms with Gasteiger partial charge in [0.25, 0.3) is 0 Å². The Balaban J connectivity index is 1.44. The second-order valence-electron chi connectivity index (χ2n) is 7.60. The van der Waals surface area contributed by atoms with Crippen molar-refractivity contribution >= 4 is 16.7 Å². The van der Waals surface area contributed by atoms with Crippen molar-refractivity contribution in [3.05, 3.63) is 119 Å². The average molecular weight is 408 g/mol. The van der Waals surface area contributed by atoms with Gasteiger partial charge >= 0.3 is 0 Å². The number of para-hydroxylation sites is 1. The normalized spacial score (nSPS) is 10.7. The van der Waals surface area contributed by atoms with Crippen LogP contribution in [0.1, 0.15) is 32.7 Å². The number of ketones is 1. The highest BCUT2D eigenvalue weighted by Gasteiger charge is 2.11. The first-order chi connectivity index (χ1) is 15.1. The molecule has 1 heterocycles. The van der Waals surface area contributed by atoms with Crippen molar-refractivity contribution in [2.75, 3.05) is 0 Å². The summed E-state index contributed by atoms with van der Waals surface area (Å²) in [5, 5.41) is 1.12. The molecule has 0 radical (unpaired) electrons. The van der Waals surface area contributed by atoms with E-state index in [4.69, 9.17) is 4.74 Å². The number of ether oxygens (including phenoxy) is 1. The fourth-order valence-corrected chi connectivity index (χ4v) is 3.78. The molecule has 0 spiro atoms. The Morgan fingerprint density at radius 2 is 1.81 bits per heavy atom. The van der Waals surface area contributed by atoms with Crippen molar-refractivity contribution in [2.24, 2.45) is 0 Å². The van der Waals surface area contributed by atoms with Crippen LogP contribution in [0.5, 0.6) is 5.75 Å². The summed E-state index contributed by atoms with van der Waals surface area (Å²) in [4.78, 5) is 16.9. The highest BCUT2D eigenvalue weighted by molar-refractivity contribution is 6.05. The van der Waals surface area contributed by atoms with Crippen LogP contribution in [-0.2, 0) is 19.4 Å². The predicted octanol–water partition coefficient (Wildman–Crippen LogP) is 6.28. The molecule has 1 aromatic heterocycles.